The lowest BCUT2D eigenvalue weighted by Gasteiger charge is -2.20. The number of aromatic nitrogens is 3. The predicted molar refractivity (Wildman–Crippen MR) is 102 cm³/mol. The Morgan fingerprint density at radius 1 is 1.19 bits per heavy atom. The molecular formula is C19H18ClN3O2S. The van der Waals surface area contributed by atoms with Crippen molar-refractivity contribution in [3.8, 4) is 17.1 Å². The van der Waals surface area contributed by atoms with Gasteiger partial charge in [-0.1, -0.05) is 53.2 Å². The molecule has 0 spiro atoms. The summed E-state index contributed by atoms with van der Waals surface area (Å²) in [4.78, 5) is 0. The van der Waals surface area contributed by atoms with E-state index in [1.165, 1.54) is 5.56 Å². The molecule has 0 fully saturated rings. The van der Waals surface area contributed by atoms with Gasteiger partial charge in [-0.15, -0.1) is 10.2 Å². The van der Waals surface area contributed by atoms with Gasteiger partial charge in [-0.3, -0.25) is 0 Å². The van der Waals surface area contributed by atoms with Crippen LogP contribution >= 0.6 is 23.4 Å². The van der Waals surface area contributed by atoms with Gasteiger partial charge in [0.25, 0.3) is 0 Å². The van der Waals surface area contributed by atoms with Crippen LogP contribution in [0.5, 0.6) is 5.75 Å². The van der Waals surface area contributed by atoms with Crippen LogP contribution in [0.4, 0.5) is 0 Å². The number of nitrogens with zero attached hydrogens (tertiary/aromatic N) is 3. The normalized spacial score (nSPS) is 13.3. The summed E-state index contributed by atoms with van der Waals surface area (Å²) in [7, 11) is 1.98. The van der Waals surface area contributed by atoms with Gasteiger partial charge in [0.1, 0.15) is 5.75 Å². The summed E-state index contributed by atoms with van der Waals surface area (Å²) in [6.45, 7) is 2.86. The zero-order valence-electron chi connectivity index (χ0n) is 14.5. The molecule has 1 aliphatic rings. The molecule has 2 heterocycles. The van der Waals surface area contributed by atoms with E-state index in [0.717, 1.165) is 33.4 Å². The molecule has 3 aromatic rings. The van der Waals surface area contributed by atoms with Crippen LogP contribution in [-0.4, -0.2) is 21.6 Å². The van der Waals surface area contributed by atoms with Crippen LogP contribution in [0, 0.1) is 6.92 Å². The van der Waals surface area contributed by atoms with Gasteiger partial charge in [0.2, 0.25) is 0 Å². The van der Waals surface area contributed by atoms with E-state index in [9.17, 15) is 0 Å². The molecule has 0 N–H and O–H groups in total. The van der Waals surface area contributed by atoms with E-state index in [2.05, 4.69) is 41.4 Å². The Kier molecular flexibility index (Phi) is 4.89. The number of thioether (sulfide) groups is 1. The Morgan fingerprint density at radius 2 is 2.00 bits per heavy atom. The van der Waals surface area contributed by atoms with Gasteiger partial charge in [0.05, 0.1) is 6.61 Å². The van der Waals surface area contributed by atoms with E-state index in [1.807, 2.05) is 23.7 Å². The summed E-state index contributed by atoms with van der Waals surface area (Å²) in [6.07, 6.45) is 0. The molecule has 2 aromatic carbocycles. The van der Waals surface area contributed by atoms with Crippen molar-refractivity contribution in [2.24, 2.45) is 7.05 Å². The van der Waals surface area contributed by atoms with Crippen molar-refractivity contribution in [2.45, 2.75) is 24.4 Å². The van der Waals surface area contributed by atoms with Gasteiger partial charge in [-0.2, -0.15) is 0 Å². The van der Waals surface area contributed by atoms with Gasteiger partial charge in [0, 0.05) is 34.5 Å². The number of aryl methyl sites for hydroxylation is 1. The monoisotopic (exact) mass is 387 g/mol. The Morgan fingerprint density at radius 3 is 2.81 bits per heavy atom. The third-order valence-electron chi connectivity index (χ3n) is 4.25. The molecule has 0 saturated heterocycles. The zero-order valence-corrected chi connectivity index (χ0v) is 16.1. The minimum absolute atomic E-state index is 0.272. The first-order valence-corrected chi connectivity index (χ1v) is 9.59. The van der Waals surface area contributed by atoms with Gasteiger partial charge in [-0.25, -0.2) is 0 Å². The van der Waals surface area contributed by atoms with E-state index >= 15 is 0 Å². The van der Waals surface area contributed by atoms with Gasteiger partial charge < -0.3 is 14.0 Å². The lowest BCUT2D eigenvalue weighted by atomic mass is 10.1. The Bertz CT molecular complexity index is 941. The van der Waals surface area contributed by atoms with Crippen molar-refractivity contribution in [2.75, 3.05) is 6.79 Å². The van der Waals surface area contributed by atoms with E-state index in [4.69, 9.17) is 21.1 Å². The molecule has 0 saturated carbocycles. The Hall–Kier alpha value is -2.02. The lowest BCUT2D eigenvalue weighted by molar-refractivity contribution is -0.0168. The number of ether oxygens (including phenoxy) is 2. The highest BCUT2D eigenvalue weighted by Crippen LogP contribution is 2.35. The largest absolute Gasteiger partial charge is 0.467 e. The molecule has 26 heavy (non-hydrogen) atoms. The molecule has 134 valence electrons. The lowest BCUT2D eigenvalue weighted by Crippen LogP contribution is -2.13. The molecule has 0 radical (unpaired) electrons. The number of fused-ring (bicyclic) bond motifs is 1. The number of rotatable bonds is 4. The van der Waals surface area contributed by atoms with Crippen LogP contribution in [0.1, 0.15) is 16.7 Å². The number of benzene rings is 2. The third kappa shape index (κ3) is 3.45. The summed E-state index contributed by atoms with van der Waals surface area (Å²) in [6, 6.07) is 12.1. The zero-order chi connectivity index (χ0) is 18.1. The topological polar surface area (TPSA) is 49.2 Å². The third-order valence-corrected chi connectivity index (χ3v) is 5.54. The molecule has 7 heteroatoms. The fourth-order valence-electron chi connectivity index (χ4n) is 2.90. The average Bonchev–Trinajstić information content (AvgIpc) is 3.01. The van der Waals surface area contributed by atoms with E-state index < -0.39 is 0 Å². The summed E-state index contributed by atoms with van der Waals surface area (Å²) < 4.78 is 13.0. The maximum absolute atomic E-state index is 6.24. The molecule has 4 rings (SSSR count). The van der Waals surface area contributed by atoms with Crippen LogP contribution < -0.4 is 4.74 Å². The SMILES string of the molecule is Cc1ccc(-c2nnc(SCc3cc(Cl)cc4c3OCOC4)n2C)cc1. The first-order chi connectivity index (χ1) is 12.6. The minimum Gasteiger partial charge on any atom is -0.467 e. The van der Waals surface area contributed by atoms with E-state index in [1.54, 1.807) is 11.8 Å². The highest BCUT2D eigenvalue weighted by molar-refractivity contribution is 7.98. The van der Waals surface area contributed by atoms with Crippen LogP contribution in [0.15, 0.2) is 41.6 Å². The van der Waals surface area contributed by atoms with Gasteiger partial charge >= 0.3 is 0 Å². The van der Waals surface area contributed by atoms with E-state index in [-0.39, 0.29) is 6.79 Å². The summed E-state index contributed by atoms with van der Waals surface area (Å²) >= 11 is 7.85. The van der Waals surface area contributed by atoms with Gasteiger partial charge in [-0.05, 0) is 19.1 Å². The van der Waals surface area contributed by atoms with E-state index in [0.29, 0.717) is 17.4 Å². The van der Waals surface area contributed by atoms with Crippen molar-refractivity contribution in [1.82, 2.24) is 14.8 Å². The smallest absolute Gasteiger partial charge is 0.191 e. The molecule has 0 unspecified atom stereocenters. The second-order valence-corrected chi connectivity index (χ2v) is 7.56. The first kappa shape index (κ1) is 17.4. The molecule has 0 bridgehead atoms. The van der Waals surface area contributed by atoms with Crippen LogP contribution in [0.25, 0.3) is 11.4 Å². The van der Waals surface area contributed by atoms with Crippen molar-refractivity contribution >= 4 is 23.4 Å². The van der Waals surface area contributed by atoms with Crippen molar-refractivity contribution < 1.29 is 9.47 Å². The Balaban J connectivity index is 1.56. The van der Waals surface area contributed by atoms with Crippen LogP contribution in [0.3, 0.4) is 0 Å². The second kappa shape index (κ2) is 7.31. The molecule has 0 amide bonds. The fraction of sp³-hybridized carbons (Fsp3) is 0.263. The standard InChI is InChI=1S/C19H18ClN3O2S/c1-12-3-5-13(6-4-12)18-21-22-19(23(18)2)26-10-15-8-16(20)7-14-9-24-11-25-17(14)15/h3-8H,9-11H2,1-2H3. The fourth-order valence-corrected chi connectivity index (χ4v) is 4.04. The maximum Gasteiger partial charge on any atom is 0.191 e. The quantitative estimate of drug-likeness (QED) is 0.612. The molecular weight excluding hydrogens is 370 g/mol. The van der Waals surface area contributed by atoms with Crippen molar-refractivity contribution in [1.29, 1.82) is 0 Å². The molecule has 5 nitrogen and oxygen atoms in total. The van der Waals surface area contributed by atoms with Crippen LogP contribution in [0.2, 0.25) is 5.02 Å². The minimum atomic E-state index is 0.272. The predicted octanol–water partition coefficient (Wildman–Crippen LogP) is 4.60. The molecule has 1 aromatic heterocycles. The number of halogens is 1. The summed E-state index contributed by atoms with van der Waals surface area (Å²) in [5.74, 6) is 2.42. The molecule has 0 aliphatic carbocycles. The van der Waals surface area contributed by atoms with Crippen LogP contribution in [-0.2, 0) is 24.1 Å². The van der Waals surface area contributed by atoms with Crippen molar-refractivity contribution in [3.63, 3.8) is 0 Å². The molecule has 1 aliphatic heterocycles. The maximum atomic E-state index is 6.24. The number of hydrogen-bond donors (Lipinski definition) is 0. The summed E-state index contributed by atoms with van der Waals surface area (Å²) in [5, 5.41) is 10.2. The average molecular weight is 388 g/mol. The highest BCUT2D eigenvalue weighted by Gasteiger charge is 2.18. The highest BCUT2D eigenvalue weighted by atomic mass is 35.5. The number of hydrogen-bond acceptors (Lipinski definition) is 5. The van der Waals surface area contributed by atoms with Gasteiger partial charge in [0.15, 0.2) is 17.8 Å². The Labute approximate surface area is 161 Å². The van der Waals surface area contributed by atoms with Crippen molar-refractivity contribution in [3.05, 3.63) is 58.1 Å². The molecule has 0 atom stereocenters. The first-order valence-electron chi connectivity index (χ1n) is 8.23. The summed E-state index contributed by atoms with van der Waals surface area (Å²) in [5.41, 5.74) is 4.30. The second-order valence-electron chi connectivity index (χ2n) is 6.18.